The molecule has 4 rings (SSSR count). The average molecular weight is 400 g/mol. The molecular formula is C21H29N5OS. The lowest BCUT2D eigenvalue weighted by Crippen LogP contribution is -2.48. The minimum absolute atomic E-state index is 0.457. The lowest BCUT2D eigenvalue weighted by atomic mass is 10.1. The third-order valence-electron chi connectivity index (χ3n) is 5.30. The minimum atomic E-state index is 0.457. The Morgan fingerprint density at radius 3 is 2.75 bits per heavy atom. The van der Waals surface area contributed by atoms with Gasteiger partial charge in [-0.2, -0.15) is 0 Å². The molecule has 0 unspecified atom stereocenters. The number of aliphatic imine (C=N–C) groups is 1. The fourth-order valence-electron chi connectivity index (χ4n) is 3.36. The van der Waals surface area contributed by atoms with Gasteiger partial charge in [0.25, 0.3) is 0 Å². The number of ether oxygens (including phenoxy) is 1. The number of guanidine groups is 1. The van der Waals surface area contributed by atoms with Gasteiger partial charge in [0.05, 0.1) is 11.6 Å². The molecule has 1 saturated heterocycles. The topological polar surface area (TPSA) is 61.8 Å². The molecule has 2 aromatic rings. The van der Waals surface area contributed by atoms with E-state index >= 15 is 0 Å². The Morgan fingerprint density at radius 2 is 2.11 bits per heavy atom. The highest BCUT2D eigenvalue weighted by molar-refractivity contribution is 7.14. The molecule has 1 aliphatic carbocycles. The molecule has 0 amide bonds. The maximum absolute atomic E-state index is 5.70. The molecule has 1 saturated carbocycles. The van der Waals surface area contributed by atoms with Crippen molar-refractivity contribution < 1.29 is 4.74 Å². The Balaban J connectivity index is 1.19. The summed E-state index contributed by atoms with van der Waals surface area (Å²) in [6.07, 6.45) is 6.70. The Labute approximate surface area is 171 Å². The summed E-state index contributed by atoms with van der Waals surface area (Å²) >= 11 is 1.82. The maximum atomic E-state index is 5.70. The van der Waals surface area contributed by atoms with E-state index in [1.165, 1.54) is 17.8 Å². The van der Waals surface area contributed by atoms with E-state index in [1.807, 2.05) is 30.6 Å². The highest BCUT2D eigenvalue weighted by Crippen LogP contribution is 2.29. The number of nitrogens with one attached hydrogen (secondary N) is 2. The predicted octanol–water partition coefficient (Wildman–Crippen LogP) is 3.27. The number of thiophene rings is 1. The SMILES string of the molecule is CN=C(NCc1ccc(OCC2CC2)nc1)NC1CCN(c2cccs2)CC1. The number of hydrogen-bond acceptors (Lipinski definition) is 5. The van der Waals surface area contributed by atoms with Crippen LogP contribution in [0.5, 0.6) is 5.88 Å². The molecule has 0 spiro atoms. The highest BCUT2D eigenvalue weighted by atomic mass is 32.1. The Morgan fingerprint density at radius 1 is 1.25 bits per heavy atom. The quantitative estimate of drug-likeness (QED) is 0.553. The van der Waals surface area contributed by atoms with E-state index in [4.69, 9.17) is 4.74 Å². The van der Waals surface area contributed by atoms with Crippen LogP contribution in [-0.4, -0.2) is 43.7 Å². The lowest BCUT2D eigenvalue weighted by Gasteiger charge is -2.33. The molecule has 2 aromatic heterocycles. The number of nitrogens with zero attached hydrogens (tertiary/aromatic N) is 3. The summed E-state index contributed by atoms with van der Waals surface area (Å²) in [6, 6.07) is 8.80. The summed E-state index contributed by atoms with van der Waals surface area (Å²) in [5, 5.41) is 10.5. The summed E-state index contributed by atoms with van der Waals surface area (Å²) in [5.74, 6) is 2.31. The van der Waals surface area contributed by atoms with Crippen LogP contribution in [0.15, 0.2) is 40.8 Å². The number of anilines is 1. The molecule has 0 aromatic carbocycles. The normalized spacial score (nSPS) is 18.2. The molecule has 28 heavy (non-hydrogen) atoms. The smallest absolute Gasteiger partial charge is 0.213 e. The van der Waals surface area contributed by atoms with Gasteiger partial charge in [0.2, 0.25) is 5.88 Å². The summed E-state index contributed by atoms with van der Waals surface area (Å²) in [6.45, 7) is 3.67. The van der Waals surface area contributed by atoms with Crippen molar-refractivity contribution in [3.63, 3.8) is 0 Å². The zero-order valence-electron chi connectivity index (χ0n) is 16.4. The molecule has 7 heteroatoms. The Kier molecular flexibility index (Phi) is 6.31. The molecular weight excluding hydrogens is 370 g/mol. The van der Waals surface area contributed by atoms with Crippen molar-refractivity contribution in [1.82, 2.24) is 15.6 Å². The van der Waals surface area contributed by atoms with Crippen molar-refractivity contribution >= 4 is 22.3 Å². The van der Waals surface area contributed by atoms with E-state index in [9.17, 15) is 0 Å². The van der Waals surface area contributed by atoms with E-state index in [-0.39, 0.29) is 0 Å². The van der Waals surface area contributed by atoms with Gasteiger partial charge >= 0.3 is 0 Å². The summed E-state index contributed by atoms with van der Waals surface area (Å²) in [5.41, 5.74) is 1.12. The molecule has 6 nitrogen and oxygen atoms in total. The second-order valence-corrected chi connectivity index (χ2v) is 8.47. The minimum Gasteiger partial charge on any atom is -0.477 e. The van der Waals surface area contributed by atoms with Crippen LogP contribution in [0.2, 0.25) is 0 Å². The molecule has 150 valence electrons. The molecule has 0 atom stereocenters. The lowest BCUT2D eigenvalue weighted by molar-refractivity contribution is 0.288. The van der Waals surface area contributed by atoms with Gasteiger partial charge in [-0.3, -0.25) is 4.99 Å². The fourth-order valence-corrected chi connectivity index (χ4v) is 4.14. The number of piperidine rings is 1. The third-order valence-corrected chi connectivity index (χ3v) is 6.23. The molecule has 2 N–H and O–H groups in total. The van der Waals surface area contributed by atoms with Crippen LogP contribution >= 0.6 is 11.3 Å². The predicted molar refractivity (Wildman–Crippen MR) is 115 cm³/mol. The van der Waals surface area contributed by atoms with Gasteiger partial charge < -0.3 is 20.3 Å². The van der Waals surface area contributed by atoms with Crippen LogP contribution in [0.25, 0.3) is 0 Å². The van der Waals surface area contributed by atoms with Crippen molar-refractivity contribution in [2.24, 2.45) is 10.9 Å². The molecule has 2 fully saturated rings. The van der Waals surface area contributed by atoms with Gasteiger partial charge in [-0.05, 0) is 54.7 Å². The van der Waals surface area contributed by atoms with Crippen LogP contribution in [0.1, 0.15) is 31.2 Å². The fraction of sp³-hybridized carbons (Fsp3) is 0.524. The zero-order chi connectivity index (χ0) is 19.2. The van der Waals surface area contributed by atoms with Crippen molar-refractivity contribution in [2.75, 3.05) is 31.6 Å². The number of hydrogen-bond donors (Lipinski definition) is 2. The second-order valence-electron chi connectivity index (χ2n) is 7.54. The van der Waals surface area contributed by atoms with Crippen LogP contribution in [0, 0.1) is 5.92 Å². The van der Waals surface area contributed by atoms with Crippen molar-refractivity contribution in [1.29, 1.82) is 0 Å². The molecule has 0 bridgehead atoms. The van der Waals surface area contributed by atoms with Crippen LogP contribution in [0.4, 0.5) is 5.00 Å². The van der Waals surface area contributed by atoms with E-state index in [2.05, 4.69) is 49.1 Å². The monoisotopic (exact) mass is 399 g/mol. The van der Waals surface area contributed by atoms with Gasteiger partial charge in [0.15, 0.2) is 5.96 Å². The van der Waals surface area contributed by atoms with E-state index in [0.29, 0.717) is 12.6 Å². The molecule has 2 aliphatic rings. The first-order valence-electron chi connectivity index (χ1n) is 10.1. The van der Waals surface area contributed by atoms with Crippen molar-refractivity contribution in [3.8, 4) is 5.88 Å². The molecule has 3 heterocycles. The number of aromatic nitrogens is 1. The largest absolute Gasteiger partial charge is 0.477 e. The van der Waals surface area contributed by atoms with Crippen LogP contribution in [0.3, 0.4) is 0 Å². The molecule has 1 aliphatic heterocycles. The van der Waals surface area contributed by atoms with Gasteiger partial charge in [-0.25, -0.2) is 4.98 Å². The van der Waals surface area contributed by atoms with Crippen molar-refractivity contribution in [2.45, 2.75) is 38.3 Å². The maximum Gasteiger partial charge on any atom is 0.213 e. The standard InChI is InChI=1S/C21H29N5OS/c1-22-21(25-18-8-10-26(11-9-18)20-3-2-12-28-20)24-14-17-6-7-19(23-13-17)27-15-16-4-5-16/h2-3,6-7,12-13,16,18H,4-5,8-11,14-15H2,1H3,(H2,22,24,25). The van der Waals surface area contributed by atoms with Crippen molar-refractivity contribution in [3.05, 3.63) is 41.4 Å². The van der Waals surface area contributed by atoms with Crippen LogP contribution in [-0.2, 0) is 6.54 Å². The Hall–Kier alpha value is -2.28. The van der Waals surface area contributed by atoms with Gasteiger partial charge in [-0.15, -0.1) is 11.3 Å². The first-order chi connectivity index (χ1) is 13.8. The first-order valence-corrected chi connectivity index (χ1v) is 11.0. The van der Waals surface area contributed by atoms with E-state index in [0.717, 1.165) is 55.9 Å². The second kappa shape index (κ2) is 9.28. The van der Waals surface area contributed by atoms with Gasteiger partial charge in [0, 0.05) is 45.0 Å². The molecule has 0 radical (unpaired) electrons. The first kappa shape index (κ1) is 19.1. The summed E-state index contributed by atoms with van der Waals surface area (Å²) in [4.78, 5) is 11.3. The Bertz CT molecular complexity index is 750. The number of pyridine rings is 1. The highest BCUT2D eigenvalue weighted by Gasteiger charge is 2.22. The third kappa shape index (κ3) is 5.38. The van der Waals surface area contributed by atoms with Crippen LogP contribution < -0.4 is 20.3 Å². The van der Waals surface area contributed by atoms with Gasteiger partial charge in [0.1, 0.15) is 0 Å². The summed E-state index contributed by atoms with van der Waals surface area (Å²) in [7, 11) is 1.82. The summed E-state index contributed by atoms with van der Waals surface area (Å²) < 4.78 is 5.70. The van der Waals surface area contributed by atoms with Gasteiger partial charge in [-0.1, -0.05) is 6.07 Å². The zero-order valence-corrected chi connectivity index (χ0v) is 17.3. The van der Waals surface area contributed by atoms with E-state index in [1.54, 1.807) is 0 Å². The number of rotatable bonds is 7. The average Bonchev–Trinajstić information content (AvgIpc) is 3.41. The van der Waals surface area contributed by atoms with E-state index < -0.39 is 0 Å².